The average Bonchev–Trinajstić information content (AvgIpc) is 2.75. The molecule has 0 bridgehead atoms. The van der Waals surface area contributed by atoms with Crippen molar-refractivity contribution in [3.63, 3.8) is 0 Å². The molecule has 0 saturated carbocycles. The molecule has 1 aromatic rings. The predicted octanol–water partition coefficient (Wildman–Crippen LogP) is 2.61. The highest BCUT2D eigenvalue weighted by molar-refractivity contribution is 9.11. The summed E-state index contributed by atoms with van der Waals surface area (Å²) in [7, 11) is 1.68. The van der Waals surface area contributed by atoms with Crippen molar-refractivity contribution < 1.29 is 14.6 Å². The Hall–Kier alpha value is 0.0600. The van der Waals surface area contributed by atoms with Crippen molar-refractivity contribution in [2.75, 3.05) is 20.3 Å². The summed E-state index contributed by atoms with van der Waals surface area (Å²) in [6.45, 7) is 1.33. The molecule has 0 aliphatic carbocycles. The van der Waals surface area contributed by atoms with Gasteiger partial charge in [0.2, 0.25) is 0 Å². The van der Waals surface area contributed by atoms with Crippen molar-refractivity contribution in [1.82, 2.24) is 0 Å². The molecule has 1 aliphatic rings. The van der Waals surface area contributed by atoms with Crippen LogP contribution in [0, 0.1) is 0 Å². The van der Waals surface area contributed by atoms with E-state index in [9.17, 15) is 5.11 Å². The molecule has 1 aliphatic heterocycles. The van der Waals surface area contributed by atoms with E-state index < -0.39 is 11.7 Å². The van der Waals surface area contributed by atoms with Gasteiger partial charge in [0.05, 0.1) is 15.5 Å². The van der Waals surface area contributed by atoms with E-state index in [0.29, 0.717) is 19.6 Å². The third kappa shape index (κ3) is 3.09. The Morgan fingerprint density at radius 3 is 2.76 bits per heavy atom. The van der Waals surface area contributed by atoms with E-state index in [1.165, 1.54) is 4.88 Å². The molecule has 96 valence electrons. The van der Waals surface area contributed by atoms with Gasteiger partial charge in [-0.2, -0.15) is 0 Å². The number of halogens is 1. The lowest BCUT2D eigenvalue weighted by Crippen LogP contribution is -2.49. The third-order valence-corrected chi connectivity index (χ3v) is 5.02. The van der Waals surface area contributed by atoms with Crippen molar-refractivity contribution in [3.05, 3.63) is 20.8 Å². The van der Waals surface area contributed by atoms with E-state index in [0.717, 1.165) is 16.6 Å². The van der Waals surface area contributed by atoms with E-state index >= 15 is 0 Å². The lowest BCUT2D eigenvalue weighted by atomic mass is 9.86. The number of aliphatic hydroxyl groups excluding tert-OH is 1. The van der Waals surface area contributed by atoms with E-state index in [1.54, 1.807) is 18.4 Å². The number of thiophene rings is 1. The van der Waals surface area contributed by atoms with Crippen LogP contribution < -0.4 is 0 Å². The second-order valence-corrected chi connectivity index (χ2v) is 6.85. The lowest BCUT2D eigenvalue weighted by molar-refractivity contribution is -0.151. The van der Waals surface area contributed by atoms with Gasteiger partial charge in [0.15, 0.2) is 0 Å². The van der Waals surface area contributed by atoms with Gasteiger partial charge in [-0.15, -0.1) is 11.3 Å². The van der Waals surface area contributed by atoms with Crippen LogP contribution >= 0.6 is 27.3 Å². The molecule has 1 fully saturated rings. The van der Waals surface area contributed by atoms with Crippen molar-refractivity contribution in [3.8, 4) is 0 Å². The van der Waals surface area contributed by atoms with Gasteiger partial charge in [0, 0.05) is 44.5 Å². The van der Waals surface area contributed by atoms with E-state index in [1.807, 2.05) is 12.1 Å². The Kier molecular flexibility index (Phi) is 4.60. The molecule has 1 saturated heterocycles. The van der Waals surface area contributed by atoms with Crippen LogP contribution in [-0.2, 0) is 15.9 Å². The largest absolute Gasteiger partial charge is 0.390 e. The first-order chi connectivity index (χ1) is 8.16. The van der Waals surface area contributed by atoms with Crippen LogP contribution in [0.5, 0.6) is 0 Å². The Morgan fingerprint density at radius 1 is 1.53 bits per heavy atom. The first kappa shape index (κ1) is 13.5. The Morgan fingerprint density at radius 2 is 2.24 bits per heavy atom. The smallest absolute Gasteiger partial charge is 0.0983 e. The molecule has 1 aromatic heterocycles. The first-order valence-electron chi connectivity index (χ1n) is 5.71. The standard InChI is InChI=1S/C12H17BrO3S/c1-15-12(4-6-16-7-5-12)10(14)8-9-2-3-11(13)17-9/h2-3,10,14H,4-8H2,1H3. The summed E-state index contributed by atoms with van der Waals surface area (Å²) in [5.74, 6) is 0. The quantitative estimate of drug-likeness (QED) is 0.926. The molecule has 0 aromatic carbocycles. The van der Waals surface area contributed by atoms with Crippen LogP contribution in [0.25, 0.3) is 0 Å². The molecular formula is C12H17BrO3S. The Balaban J connectivity index is 2.04. The van der Waals surface area contributed by atoms with Gasteiger partial charge in [-0.05, 0) is 28.1 Å². The van der Waals surface area contributed by atoms with Crippen LogP contribution in [0.15, 0.2) is 15.9 Å². The summed E-state index contributed by atoms with van der Waals surface area (Å²) in [6, 6.07) is 4.05. The van der Waals surface area contributed by atoms with Gasteiger partial charge < -0.3 is 14.6 Å². The SMILES string of the molecule is COC1(C(O)Cc2ccc(Br)s2)CCOCC1. The minimum atomic E-state index is -0.470. The third-order valence-electron chi connectivity index (χ3n) is 3.38. The summed E-state index contributed by atoms with van der Waals surface area (Å²) in [5.41, 5.74) is -0.436. The molecule has 1 atom stereocenters. The zero-order chi connectivity index (χ0) is 12.3. The highest BCUT2D eigenvalue weighted by Gasteiger charge is 2.39. The fourth-order valence-electron chi connectivity index (χ4n) is 2.23. The molecule has 0 amide bonds. The lowest BCUT2D eigenvalue weighted by Gasteiger charge is -2.39. The van der Waals surface area contributed by atoms with Gasteiger partial charge in [-0.3, -0.25) is 0 Å². The molecule has 2 heterocycles. The molecule has 2 rings (SSSR count). The fourth-order valence-corrected chi connectivity index (χ4v) is 3.75. The number of ether oxygens (including phenoxy) is 2. The first-order valence-corrected chi connectivity index (χ1v) is 7.32. The number of methoxy groups -OCH3 is 1. The molecule has 17 heavy (non-hydrogen) atoms. The van der Waals surface area contributed by atoms with Crippen molar-refractivity contribution in [1.29, 1.82) is 0 Å². The zero-order valence-electron chi connectivity index (χ0n) is 9.82. The summed E-state index contributed by atoms with van der Waals surface area (Å²) >= 11 is 5.09. The van der Waals surface area contributed by atoms with E-state index in [-0.39, 0.29) is 0 Å². The molecule has 0 radical (unpaired) electrons. The second kappa shape index (κ2) is 5.80. The van der Waals surface area contributed by atoms with Crippen LogP contribution in [0.2, 0.25) is 0 Å². The molecule has 1 N–H and O–H groups in total. The van der Waals surface area contributed by atoms with Crippen molar-refractivity contribution >= 4 is 27.3 Å². The summed E-state index contributed by atoms with van der Waals surface area (Å²) in [6.07, 6.45) is 1.69. The minimum Gasteiger partial charge on any atom is -0.390 e. The Labute approximate surface area is 114 Å². The van der Waals surface area contributed by atoms with Crippen LogP contribution in [0.4, 0.5) is 0 Å². The number of rotatable bonds is 4. The van der Waals surface area contributed by atoms with Gasteiger partial charge in [-0.25, -0.2) is 0 Å². The molecule has 0 spiro atoms. The van der Waals surface area contributed by atoms with Crippen LogP contribution in [0.1, 0.15) is 17.7 Å². The summed E-state index contributed by atoms with van der Waals surface area (Å²) in [4.78, 5) is 1.17. The van der Waals surface area contributed by atoms with E-state index in [4.69, 9.17) is 9.47 Å². The normalized spacial score (nSPS) is 21.4. The maximum atomic E-state index is 10.4. The second-order valence-electron chi connectivity index (χ2n) is 4.31. The number of hydrogen-bond acceptors (Lipinski definition) is 4. The number of aliphatic hydroxyl groups is 1. The van der Waals surface area contributed by atoms with Crippen LogP contribution in [0.3, 0.4) is 0 Å². The Bertz CT molecular complexity index is 360. The predicted molar refractivity (Wildman–Crippen MR) is 71.5 cm³/mol. The monoisotopic (exact) mass is 320 g/mol. The highest BCUT2D eigenvalue weighted by Crippen LogP contribution is 2.32. The van der Waals surface area contributed by atoms with Crippen LogP contribution in [-0.4, -0.2) is 37.1 Å². The van der Waals surface area contributed by atoms with Gasteiger partial charge in [0.1, 0.15) is 0 Å². The molecule has 1 unspecified atom stereocenters. The number of hydrogen-bond donors (Lipinski definition) is 1. The maximum absolute atomic E-state index is 10.4. The van der Waals surface area contributed by atoms with Crippen molar-refractivity contribution in [2.24, 2.45) is 0 Å². The van der Waals surface area contributed by atoms with Gasteiger partial charge >= 0.3 is 0 Å². The topological polar surface area (TPSA) is 38.7 Å². The van der Waals surface area contributed by atoms with Gasteiger partial charge in [0.25, 0.3) is 0 Å². The minimum absolute atomic E-state index is 0.436. The summed E-state index contributed by atoms with van der Waals surface area (Å²) in [5, 5.41) is 10.4. The summed E-state index contributed by atoms with van der Waals surface area (Å²) < 4.78 is 12.0. The fraction of sp³-hybridized carbons (Fsp3) is 0.667. The molecule has 3 nitrogen and oxygen atoms in total. The van der Waals surface area contributed by atoms with Gasteiger partial charge in [-0.1, -0.05) is 0 Å². The molecular weight excluding hydrogens is 304 g/mol. The highest BCUT2D eigenvalue weighted by atomic mass is 79.9. The average molecular weight is 321 g/mol. The molecule has 5 heteroatoms. The van der Waals surface area contributed by atoms with E-state index in [2.05, 4.69) is 15.9 Å². The van der Waals surface area contributed by atoms with Crippen molar-refractivity contribution in [2.45, 2.75) is 31.0 Å². The maximum Gasteiger partial charge on any atom is 0.0983 e. The zero-order valence-corrected chi connectivity index (χ0v) is 12.2.